The van der Waals surface area contributed by atoms with Crippen molar-refractivity contribution in [2.45, 2.75) is 26.3 Å². The van der Waals surface area contributed by atoms with Crippen LogP contribution in [-0.4, -0.2) is 52.4 Å². The van der Waals surface area contributed by atoms with Gasteiger partial charge < -0.3 is 10.6 Å². The van der Waals surface area contributed by atoms with Crippen LogP contribution in [-0.2, 0) is 0 Å². The van der Waals surface area contributed by atoms with Crippen LogP contribution in [0.3, 0.4) is 0 Å². The van der Waals surface area contributed by atoms with Crippen LogP contribution in [0.5, 0.6) is 0 Å². The summed E-state index contributed by atoms with van der Waals surface area (Å²) in [6, 6.07) is 3.40. The molecule has 2 heterocycles. The highest BCUT2D eigenvalue weighted by molar-refractivity contribution is 5.92. The number of carbonyl (C=O) groups is 1. The lowest BCUT2D eigenvalue weighted by Crippen LogP contribution is -2.54. The predicted octanol–water partition coefficient (Wildman–Crippen LogP) is 1.22. The lowest BCUT2D eigenvalue weighted by molar-refractivity contribution is 0.0447. The number of nitrogens with two attached hydrogens (primary N) is 1. The van der Waals surface area contributed by atoms with Gasteiger partial charge in [-0.1, -0.05) is 0 Å². The molecule has 0 radical (unpaired) electrons. The van der Waals surface area contributed by atoms with E-state index in [1.807, 2.05) is 4.90 Å². The van der Waals surface area contributed by atoms with Gasteiger partial charge in [0.15, 0.2) is 0 Å². The number of anilines is 1. The first kappa shape index (κ1) is 13.8. The van der Waals surface area contributed by atoms with Crippen molar-refractivity contribution >= 4 is 11.6 Å². The molecule has 1 aliphatic heterocycles. The molecule has 2 rings (SSSR count). The van der Waals surface area contributed by atoms with E-state index in [2.05, 4.69) is 30.7 Å². The summed E-state index contributed by atoms with van der Waals surface area (Å²) in [5.74, 6) is -0.00596. The predicted molar refractivity (Wildman–Crippen MR) is 75.9 cm³/mol. The minimum absolute atomic E-state index is 0.00596. The first-order valence-electron chi connectivity index (χ1n) is 6.64. The lowest BCUT2D eigenvalue weighted by atomic mass is 10.0. The summed E-state index contributed by atoms with van der Waals surface area (Å²) in [5, 5.41) is 0. The summed E-state index contributed by atoms with van der Waals surface area (Å²) in [5.41, 5.74) is 6.79. The molecule has 0 spiro atoms. The summed E-state index contributed by atoms with van der Waals surface area (Å²) < 4.78 is 0. The second kappa shape index (κ2) is 5.17. The molecule has 2 N–H and O–H groups in total. The third-order valence-electron chi connectivity index (χ3n) is 3.52. The van der Waals surface area contributed by atoms with E-state index >= 15 is 0 Å². The van der Waals surface area contributed by atoms with E-state index < -0.39 is 0 Å². The highest BCUT2D eigenvalue weighted by Gasteiger charge is 2.28. The Balaban J connectivity index is 1.98. The smallest absolute Gasteiger partial charge is 0.272 e. The normalized spacial score (nSPS) is 17.5. The van der Waals surface area contributed by atoms with Gasteiger partial charge in [0.1, 0.15) is 5.69 Å². The molecule has 5 heteroatoms. The first-order valence-corrected chi connectivity index (χ1v) is 6.64. The van der Waals surface area contributed by atoms with Crippen molar-refractivity contribution in [3.8, 4) is 0 Å². The molecule has 0 atom stereocenters. The minimum atomic E-state index is -0.00596. The van der Waals surface area contributed by atoms with Crippen molar-refractivity contribution in [1.29, 1.82) is 0 Å². The van der Waals surface area contributed by atoms with Crippen LogP contribution in [0.4, 0.5) is 5.69 Å². The van der Waals surface area contributed by atoms with Crippen molar-refractivity contribution < 1.29 is 4.79 Å². The Morgan fingerprint density at radius 3 is 2.32 bits per heavy atom. The fourth-order valence-electron chi connectivity index (χ4n) is 2.27. The van der Waals surface area contributed by atoms with Gasteiger partial charge in [-0.2, -0.15) is 0 Å². The highest BCUT2D eigenvalue weighted by Crippen LogP contribution is 2.16. The second-order valence-corrected chi connectivity index (χ2v) is 5.93. The summed E-state index contributed by atoms with van der Waals surface area (Å²) in [6.45, 7) is 9.92. The van der Waals surface area contributed by atoms with Gasteiger partial charge in [0.05, 0.1) is 11.9 Å². The maximum Gasteiger partial charge on any atom is 0.272 e. The Morgan fingerprint density at radius 2 is 1.84 bits per heavy atom. The van der Waals surface area contributed by atoms with Crippen LogP contribution in [0, 0.1) is 0 Å². The van der Waals surface area contributed by atoms with Crippen molar-refractivity contribution in [1.82, 2.24) is 14.8 Å². The number of rotatable bonds is 1. The van der Waals surface area contributed by atoms with Gasteiger partial charge in [0.25, 0.3) is 5.91 Å². The maximum atomic E-state index is 12.3. The molecule has 0 unspecified atom stereocenters. The van der Waals surface area contributed by atoms with Crippen molar-refractivity contribution in [3.63, 3.8) is 0 Å². The number of carbonyl (C=O) groups excluding carboxylic acids is 1. The lowest BCUT2D eigenvalue weighted by Gasteiger charge is -2.42. The molecule has 0 saturated carbocycles. The molecule has 1 aliphatic rings. The summed E-state index contributed by atoms with van der Waals surface area (Å²) >= 11 is 0. The van der Waals surface area contributed by atoms with Crippen LogP contribution in [0.2, 0.25) is 0 Å². The van der Waals surface area contributed by atoms with E-state index in [9.17, 15) is 4.79 Å². The molecule has 1 aromatic rings. The molecular formula is C14H22N4O. The van der Waals surface area contributed by atoms with Crippen molar-refractivity contribution in [2.24, 2.45) is 0 Å². The minimum Gasteiger partial charge on any atom is -0.397 e. The Morgan fingerprint density at radius 1 is 1.21 bits per heavy atom. The standard InChI is InChI=1S/C14H22N4O/c1-14(2,3)18-8-6-17(7-9-18)13(19)12-5-4-11(15)10-16-12/h4-5,10H,6-9,15H2,1-3H3. The van der Waals surface area contributed by atoms with E-state index in [0.29, 0.717) is 11.4 Å². The van der Waals surface area contributed by atoms with Crippen molar-refractivity contribution in [3.05, 3.63) is 24.0 Å². The van der Waals surface area contributed by atoms with Gasteiger partial charge in [-0.15, -0.1) is 0 Å². The van der Waals surface area contributed by atoms with Crippen LogP contribution >= 0.6 is 0 Å². The number of amides is 1. The number of aromatic nitrogens is 1. The summed E-state index contributed by atoms with van der Waals surface area (Å²) in [7, 11) is 0. The Bertz CT molecular complexity index is 442. The molecule has 1 amide bonds. The second-order valence-electron chi connectivity index (χ2n) is 5.93. The number of hydrogen-bond donors (Lipinski definition) is 1. The molecule has 104 valence electrons. The zero-order valence-electron chi connectivity index (χ0n) is 11.9. The topological polar surface area (TPSA) is 62.5 Å². The first-order chi connectivity index (χ1) is 8.88. The third-order valence-corrected chi connectivity index (χ3v) is 3.52. The van der Waals surface area contributed by atoms with Crippen LogP contribution in [0.1, 0.15) is 31.3 Å². The van der Waals surface area contributed by atoms with E-state index in [0.717, 1.165) is 26.2 Å². The largest absolute Gasteiger partial charge is 0.397 e. The summed E-state index contributed by atoms with van der Waals surface area (Å²) in [6.07, 6.45) is 1.53. The molecule has 19 heavy (non-hydrogen) atoms. The fraction of sp³-hybridized carbons (Fsp3) is 0.571. The molecule has 0 bridgehead atoms. The third kappa shape index (κ3) is 3.23. The van der Waals surface area contributed by atoms with E-state index in [4.69, 9.17) is 5.73 Å². The molecule has 0 aromatic carbocycles. The van der Waals surface area contributed by atoms with Crippen LogP contribution in [0.25, 0.3) is 0 Å². The molecule has 5 nitrogen and oxygen atoms in total. The average Bonchev–Trinajstić information content (AvgIpc) is 2.38. The molecule has 1 saturated heterocycles. The fourth-order valence-corrected chi connectivity index (χ4v) is 2.27. The van der Waals surface area contributed by atoms with Gasteiger partial charge in [0, 0.05) is 31.7 Å². The molecule has 0 aliphatic carbocycles. The summed E-state index contributed by atoms with van der Waals surface area (Å²) in [4.78, 5) is 20.6. The quantitative estimate of drug-likeness (QED) is 0.826. The Hall–Kier alpha value is -1.62. The van der Waals surface area contributed by atoms with Crippen molar-refractivity contribution in [2.75, 3.05) is 31.9 Å². The molecule has 1 aromatic heterocycles. The van der Waals surface area contributed by atoms with E-state index in [1.54, 1.807) is 12.1 Å². The van der Waals surface area contributed by atoms with E-state index in [-0.39, 0.29) is 11.4 Å². The van der Waals surface area contributed by atoms with E-state index in [1.165, 1.54) is 6.20 Å². The average molecular weight is 262 g/mol. The maximum absolute atomic E-state index is 12.3. The van der Waals surface area contributed by atoms with Crippen LogP contribution in [0.15, 0.2) is 18.3 Å². The number of piperazine rings is 1. The number of nitrogens with zero attached hydrogens (tertiary/aromatic N) is 3. The zero-order chi connectivity index (χ0) is 14.0. The zero-order valence-corrected chi connectivity index (χ0v) is 11.9. The molecular weight excluding hydrogens is 240 g/mol. The molecule has 1 fully saturated rings. The SMILES string of the molecule is CC(C)(C)N1CCN(C(=O)c2ccc(N)cn2)CC1. The van der Waals surface area contributed by atoms with Gasteiger partial charge in [-0.25, -0.2) is 4.98 Å². The van der Waals surface area contributed by atoms with Crippen LogP contribution < -0.4 is 5.73 Å². The number of pyridine rings is 1. The van der Waals surface area contributed by atoms with Gasteiger partial charge in [-0.05, 0) is 32.9 Å². The highest BCUT2D eigenvalue weighted by atomic mass is 16.2. The monoisotopic (exact) mass is 262 g/mol. The van der Waals surface area contributed by atoms with Gasteiger partial charge in [-0.3, -0.25) is 9.69 Å². The Labute approximate surface area is 114 Å². The van der Waals surface area contributed by atoms with Gasteiger partial charge in [0.2, 0.25) is 0 Å². The number of hydrogen-bond acceptors (Lipinski definition) is 4. The number of nitrogen functional groups attached to an aromatic ring is 1. The Kier molecular flexibility index (Phi) is 3.75. The van der Waals surface area contributed by atoms with Gasteiger partial charge >= 0.3 is 0 Å².